The van der Waals surface area contributed by atoms with Crippen molar-refractivity contribution in [3.63, 3.8) is 0 Å². The quantitative estimate of drug-likeness (QED) is 0.557. The highest BCUT2D eigenvalue weighted by Crippen LogP contribution is 2.34. The maximum absolute atomic E-state index is 10.1. The van der Waals surface area contributed by atoms with E-state index >= 15 is 0 Å². The van der Waals surface area contributed by atoms with Gasteiger partial charge < -0.3 is 20.3 Å². The first-order chi connectivity index (χ1) is 15.1. The van der Waals surface area contributed by atoms with E-state index in [4.69, 9.17) is 15.2 Å². The standard InChI is InChI=1S/C24H24N4O3/c1-2-21(29)28-14-6-7-17(15-28)22-23(25)26-16-27-24(22)31-20-12-10-19(11-13-20)30-18-8-4-3-5-9-18/h2-5,7-13,16,21,29H,1,6,14-15H2,(H2,25,26,27). The molecule has 2 heterocycles. The van der Waals surface area contributed by atoms with Gasteiger partial charge in [-0.3, -0.25) is 4.90 Å². The molecule has 0 saturated carbocycles. The Labute approximate surface area is 181 Å². The number of hydrogen-bond acceptors (Lipinski definition) is 7. The van der Waals surface area contributed by atoms with Crippen LogP contribution in [0.25, 0.3) is 5.57 Å². The van der Waals surface area contributed by atoms with E-state index in [9.17, 15) is 5.11 Å². The summed E-state index contributed by atoms with van der Waals surface area (Å²) in [6.07, 6.45) is 4.99. The number of aliphatic hydroxyl groups is 1. The van der Waals surface area contributed by atoms with E-state index in [1.165, 1.54) is 12.4 Å². The van der Waals surface area contributed by atoms with Crippen LogP contribution in [0.5, 0.6) is 23.1 Å². The summed E-state index contributed by atoms with van der Waals surface area (Å²) >= 11 is 0. The lowest BCUT2D eigenvalue weighted by molar-refractivity contribution is 0.0517. The van der Waals surface area contributed by atoms with Crippen molar-refractivity contribution in [2.75, 3.05) is 18.8 Å². The normalized spacial score (nSPS) is 15.1. The predicted molar refractivity (Wildman–Crippen MR) is 120 cm³/mol. The molecule has 0 saturated heterocycles. The van der Waals surface area contributed by atoms with Gasteiger partial charge in [0.15, 0.2) is 0 Å². The van der Waals surface area contributed by atoms with E-state index in [-0.39, 0.29) is 0 Å². The molecule has 0 aliphatic carbocycles. The molecule has 1 atom stereocenters. The van der Waals surface area contributed by atoms with Gasteiger partial charge in [0.1, 0.15) is 35.6 Å². The summed E-state index contributed by atoms with van der Waals surface area (Å²) in [5.41, 5.74) is 7.72. The monoisotopic (exact) mass is 416 g/mol. The minimum absolute atomic E-state index is 0.329. The predicted octanol–water partition coefficient (Wildman–Crippen LogP) is 4.24. The highest BCUT2D eigenvalue weighted by Gasteiger charge is 2.23. The maximum atomic E-state index is 10.1. The molecule has 0 radical (unpaired) electrons. The van der Waals surface area contributed by atoms with Crippen LogP contribution in [0.4, 0.5) is 5.82 Å². The molecule has 0 amide bonds. The lowest BCUT2D eigenvalue weighted by Crippen LogP contribution is -2.37. The van der Waals surface area contributed by atoms with Gasteiger partial charge in [-0.2, -0.15) is 0 Å². The third-order valence-corrected chi connectivity index (χ3v) is 4.95. The van der Waals surface area contributed by atoms with Gasteiger partial charge in [-0.25, -0.2) is 9.97 Å². The van der Waals surface area contributed by atoms with E-state index in [2.05, 4.69) is 22.6 Å². The minimum atomic E-state index is -0.726. The fraction of sp³-hybridized carbons (Fsp3) is 0.167. The SMILES string of the molecule is C=CC(O)N1CCC=C(c2c(N)ncnc2Oc2ccc(Oc3ccccc3)cc2)C1. The number of aromatic nitrogens is 2. The molecular weight excluding hydrogens is 392 g/mol. The summed E-state index contributed by atoms with van der Waals surface area (Å²) in [6.45, 7) is 4.88. The second-order valence-corrected chi connectivity index (χ2v) is 7.07. The lowest BCUT2D eigenvalue weighted by atomic mass is 10.0. The first-order valence-corrected chi connectivity index (χ1v) is 9.99. The molecule has 7 heteroatoms. The zero-order chi connectivity index (χ0) is 21.6. The molecule has 0 spiro atoms. The van der Waals surface area contributed by atoms with Gasteiger partial charge in [0.05, 0.1) is 5.56 Å². The van der Waals surface area contributed by atoms with Crippen LogP contribution in [-0.4, -0.2) is 39.3 Å². The van der Waals surface area contributed by atoms with Gasteiger partial charge in [0, 0.05) is 13.1 Å². The largest absolute Gasteiger partial charge is 0.457 e. The molecule has 1 aliphatic heterocycles. The Kier molecular flexibility index (Phi) is 6.26. The van der Waals surface area contributed by atoms with Crippen molar-refractivity contribution in [3.05, 3.63) is 85.2 Å². The van der Waals surface area contributed by atoms with Crippen molar-refractivity contribution < 1.29 is 14.6 Å². The number of hydrogen-bond donors (Lipinski definition) is 2. The number of para-hydroxylation sites is 1. The Morgan fingerprint density at radius 3 is 2.39 bits per heavy atom. The average molecular weight is 416 g/mol. The molecule has 1 aliphatic rings. The Balaban J connectivity index is 1.54. The van der Waals surface area contributed by atoms with Crippen LogP contribution in [0.1, 0.15) is 12.0 Å². The molecule has 0 bridgehead atoms. The van der Waals surface area contributed by atoms with Gasteiger partial charge in [-0.15, -0.1) is 0 Å². The van der Waals surface area contributed by atoms with Gasteiger partial charge in [-0.05, 0) is 54.5 Å². The number of benzene rings is 2. The molecule has 1 unspecified atom stereocenters. The molecule has 3 N–H and O–H groups in total. The zero-order valence-corrected chi connectivity index (χ0v) is 17.0. The Hall–Kier alpha value is -3.68. The first-order valence-electron chi connectivity index (χ1n) is 9.99. The summed E-state index contributed by atoms with van der Waals surface area (Å²) in [4.78, 5) is 10.3. The second kappa shape index (κ2) is 9.42. The average Bonchev–Trinajstić information content (AvgIpc) is 2.81. The van der Waals surface area contributed by atoms with E-state index in [1.54, 1.807) is 0 Å². The molecule has 7 nitrogen and oxygen atoms in total. The van der Waals surface area contributed by atoms with Crippen LogP contribution in [0.15, 0.2) is 79.7 Å². The summed E-state index contributed by atoms with van der Waals surface area (Å²) < 4.78 is 11.9. The van der Waals surface area contributed by atoms with Gasteiger partial charge in [0.25, 0.3) is 0 Å². The highest BCUT2D eigenvalue weighted by molar-refractivity contribution is 5.78. The number of rotatable bonds is 7. The number of nitrogens with zero attached hydrogens (tertiary/aromatic N) is 3. The summed E-state index contributed by atoms with van der Waals surface area (Å²) in [6, 6.07) is 16.8. The lowest BCUT2D eigenvalue weighted by Gasteiger charge is -2.30. The molecule has 0 fully saturated rings. The number of nitrogen functional groups attached to an aromatic ring is 1. The van der Waals surface area contributed by atoms with Gasteiger partial charge >= 0.3 is 0 Å². The third-order valence-electron chi connectivity index (χ3n) is 4.95. The number of ether oxygens (including phenoxy) is 2. The fourth-order valence-corrected chi connectivity index (χ4v) is 3.40. The highest BCUT2D eigenvalue weighted by atomic mass is 16.5. The zero-order valence-electron chi connectivity index (χ0n) is 17.0. The Bertz CT molecular complexity index is 1070. The number of nitrogens with two attached hydrogens (primary N) is 1. The van der Waals surface area contributed by atoms with Crippen molar-refractivity contribution in [1.82, 2.24) is 14.9 Å². The minimum Gasteiger partial charge on any atom is -0.457 e. The molecule has 3 aromatic rings. The van der Waals surface area contributed by atoms with Crippen LogP contribution < -0.4 is 15.2 Å². The van der Waals surface area contributed by atoms with E-state index in [0.29, 0.717) is 35.3 Å². The van der Waals surface area contributed by atoms with E-state index in [0.717, 1.165) is 24.3 Å². The van der Waals surface area contributed by atoms with Crippen LogP contribution in [-0.2, 0) is 0 Å². The Morgan fingerprint density at radius 2 is 1.68 bits per heavy atom. The van der Waals surface area contributed by atoms with Gasteiger partial charge in [-0.1, -0.05) is 30.9 Å². The molecule has 31 heavy (non-hydrogen) atoms. The van der Waals surface area contributed by atoms with Crippen molar-refractivity contribution in [3.8, 4) is 23.1 Å². The number of anilines is 1. The smallest absolute Gasteiger partial charge is 0.232 e. The van der Waals surface area contributed by atoms with Crippen LogP contribution in [0, 0.1) is 0 Å². The van der Waals surface area contributed by atoms with E-state index in [1.807, 2.05) is 59.5 Å². The topological polar surface area (TPSA) is 93.7 Å². The van der Waals surface area contributed by atoms with Gasteiger partial charge in [0.2, 0.25) is 5.88 Å². The van der Waals surface area contributed by atoms with Crippen LogP contribution in [0.2, 0.25) is 0 Å². The number of aliphatic hydroxyl groups excluding tert-OH is 1. The molecular formula is C24H24N4O3. The van der Waals surface area contributed by atoms with Crippen LogP contribution in [0.3, 0.4) is 0 Å². The summed E-state index contributed by atoms with van der Waals surface area (Å²) in [7, 11) is 0. The van der Waals surface area contributed by atoms with Crippen molar-refractivity contribution >= 4 is 11.4 Å². The maximum Gasteiger partial charge on any atom is 0.232 e. The van der Waals surface area contributed by atoms with Crippen molar-refractivity contribution in [1.29, 1.82) is 0 Å². The van der Waals surface area contributed by atoms with Crippen molar-refractivity contribution in [2.24, 2.45) is 0 Å². The van der Waals surface area contributed by atoms with E-state index < -0.39 is 6.23 Å². The molecule has 1 aromatic heterocycles. The Morgan fingerprint density at radius 1 is 1.00 bits per heavy atom. The third kappa shape index (κ3) is 4.91. The molecule has 4 rings (SSSR count). The first kappa shape index (κ1) is 20.6. The summed E-state index contributed by atoms with van der Waals surface area (Å²) in [5, 5.41) is 10.1. The van der Waals surface area contributed by atoms with Crippen LogP contribution >= 0.6 is 0 Å². The summed E-state index contributed by atoms with van der Waals surface area (Å²) in [5.74, 6) is 2.75. The molecule has 2 aromatic carbocycles. The molecule has 158 valence electrons. The fourth-order valence-electron chi connectivity index (χ4n) is 3.40. The second-order valence-electron chi connectivity index (χ2n) is 7.07. The van der Waals surface area contributed by atoms with Crippen molar-refractivity contribution in [2.45, 2.75) is 12.6 Å².